The lowest BCUT2D eigenvalue weighted by Crippen LogP contribution is -2.57. The minimum Gasteiger partial charge on any atom is -0.374 e. The summed E-state index contributed by atoms with van der Waals surface area (Å²) in [6.07, 6.45) is 1.74. The zero-order chi connectivity index (χ0) is 15.5. The summed E-state index contributed by atoms with van der Waals surface area (Å²) in [5.74, 6) is 0. The number of benzene rings is 1. The highest BCUT2D eigenvalue weighted by atomic mass is 16.3. The molecule has 0 spiro atoms. The van der Waals surface area contributed by atoms with Gasteiger partial charge in [0, 0.05) is 12.1 Å². The van der Waals surface area contributed by atoms with E-state index in [0.717, 1.165) is 38.0 Å². The van der Waals surface area contributed by atoms with E-state index in [1.54, 1.807) is 0 Å². The van der Waals surface area contributed by atoms with Gasteiger partial charge in [0.2, 0.25) is 0 Å². The fourth-order valence-corrected chi connectivity index (χ4v) is 3.21. The van der Waals surface area contributed by atoms with E-state index in [1.165, 1.54) is 0 Å². The lowest BCUT2D eigenvalue weighted by Gasteiger charge is -2.48. The predicted octanol–water partition coefficient (Wildman–Crippen LogP) is 1.64. The van der Waals surface area contributed by atoms with Gasteiger partial charge in [0.05, 0.1) is 0 Å². The molecule has 1 atom stereocenters. The molecular weight excluding hydrogens is 262 g/mol. The summed E-state index contributed by atoms with van der Waals surface area (Å²) in [7, 11) is 8.52. The van der Waals surface area contributed by atoms with Crippen molar-refractivity contribution in [1.82, 2.24) is 14.7 Å². The highest BCUT2D eigenvalue weighted by Gasteiger charge is 2.37. The van der Waals surface area contributed by atoms with Crippen molar-refractivity contribution in [2.24, 2.45) is 0 Å². The molecule has 0 aromatic heterocycles. The van der Waals surface area contributed by atoms with E-state index in [1.807, 2.05) is 37.4 Å². The summed E-state index contributed by atoms with van der Waals surface area (Å²) in [6.45, 7) is 3.12. The number of likely N-dealkylation sites (tertiary alicyclic amines) is 1. The number of piperidine rings is 1. The van der Waals surface area contributed by atoms with Crippen molar-refractivity contribution >= 4 is 0 Å². The Kier molecular flexibility index (Phi) is 5.38. The Morgan fingerprint density at radius 1 is 1.14 bits per heavy atom. The molecule has 1 heterocycles. The summed E-state index contributed by atoms with van der Waals surface area (Å²) >= 11 is 0. The molecule has 1 aromatic carbocycles. The number of likely N-dealkylation sites (N-methyl/N-ethyl adjacent to an activating group) is 2. The highest BCUT2D eigenvalue weighted by Crippen LogP contribution is 2.29. The summed E-state index contributed by atoms with van der Waals surface area (Å²) in [4.78, 5) is 6.80. The maximum Gasteiger partial charge on any atom is 0.133 e. The Bertz CT molecular complexity index is 427. The van der Waals surface area contributed by atoms with Gasteiger partial charge in [-0.2, -0.15) is 0 Å². The van der Waals surface area contributed by atoms with Crippen LogP contribution in [-0.2, 0) is 0 Å². The molecule has 21 heavy (non-hydrogen) atoms. The maximum absolute atomic E-state index is 10.6. The van der Waals surface area contributed by atoms with Crippen molar-refractivity contribution in [1.29, 1.82) is 0 Å². The molecule has 0 amide bonds. The van der Waals surface area contributed by atoms with Gasteiger partial charge < -0.3 is 14.9 Å². The van der Waals surface area contributed by atoms with Crippen LogP contribution < -0.4 is 0 Å². The van der Waals surface area contributed by atoms with Crippen LogP contribution in [0, 0.1) is 0 Å². The molecule has 1 fully saturated rings. The topological polar surface area (TPSA) is 30.0 Å². The molecule has 4 heteroatoms. The number of hydrogen-bond acceptors (Lipinski definition) is 4. The SMILES string of the molecule is CN1CCC(CN(C)C(O)c2ccccc2)(N(C)C)CC1. The third kappa shape index (κ3) is 3.83. The third-order valence-corrected chi connectivity index (χ3v) is 4.93. The molecule has 0 saturated carbocycles. The van der Waals surface area contributed by atoms with Gasteiger partial charge in [0.25, 0.3) is 0 Å². The molecule has 2 rings (SSSR count). The fraction of sp³-hybridized carbons (Fsp3) is 0.647. The van der Waals surface area contributed by atoms with Crippen LogP contribution in [0.1, 0.15) is 24.6 Å². The lowest BCUT2D eigenvalue weighted by atomic mass is 9.85. The zero-order valence-electron chi connectivity index (χ0n) is 13.8. The van der Waals surface area contributed by atoms with Crippen LogP contribution in [0.3, 0.4) is 0 Å². The number of aliphatic hydroxyl groups excluding tert-OH is 1. The molecule has 1 saturated heterocycles. The van der Waals surface area contributed by atoms with E-state index >= 15 is 0 Å². The largest absolute Gasteiger partial charge is 0.374 e. The van der Waals surface area contributed by atoms with E-state index in [0.29, 0.717) is 0 Å². The van der Waals surface area contributed by atoms with Gasteiger partial charge in [0.15, 0.2) is 0 Å². The number of hydrogen-bond donors (Lipinski definition) is 1. The first-order chi connectivity index (χ1) is 9.94. The average molecular weight is 291 g/mol. The van der Waals surface area contributed by atoms with E-state index in [-0.39, 0.29) is 5.54 Å². The highest BCUT2D eigenvalue weighted by molar-refractivity contribution is 5.17. The minimum absolute atomic E-state index is 0.150. The Balaban J connectivity index is 2.06. The van der Waals surface area contributed by atoms with Crippen LogP contribution >= 0.6 is 0 Å². The van der Waals surface area contributed by atoms with E-state index in [9.17, 15) is 5.11 Å². The Hall–Kier alpha value is -0.940. The van der Waals surface area contributed by atoms with Crippen molar-refractivity contribution < 1.29 is 5.11 Å². The van der Waals surface area contributed by atoms with E-state index < -0.39 is 6.23 Å². The van der Waals surface area contributed by atoms with Gasteiger partial charge in [-0.25, -0.2) is 0 Å². The second-order valence-corrected chi connectivity index (χ2v) is 6.62. The van der Waals surface area contributed by atoms with E-state index in [4.69, 9.17) is 0 Å². The van der Waals surface area contributed by atoms with E-state index in [2.05, 4.69) is 35.8 Å². The van der Waals surface area contributed by atoms with Crippen LogP contribution in [0.4, 0.5) is 0 Å². The Morgan fingerprint density at radius 2 is 1.71 bits per heavy atom. The van der Waals surface area contributed by atoms with Gasteiger partial charge in [0.1, 0.15) is 6.23 Å². The molecule has 0 radical (unpaired) electrons. The van der Waals surface area contributed by atoms with Crippen molar-refractivity contribution in [2.45, 2.75) is 24.6 Å². The van der Waals surface area contributed by atoms with Crippen molar-refractivity contribution in [3.05, 3.63) is 35.9 Å². The average Bonchev–Trinajstić information content (AvgIpc) is 2.49. The second kappa shape index (κ2) is 6.88. The quantitative estimate of drug-likeness (QED) is 0.835. The van der Waals surface area contributed by atoms with Gasteiger partial charge in [-0.05, 0) is 59.7 Å². The monoisotopic (exact) mass is 291 g/mol. The number of rotatable bonds is 5. The number of aliphatic hydroxyl groups is 1. The van der Waals surface area contributed by atoms with Gasteiger partial charge >= 0.3 is 0 Å². The molecule has 0 aliphatic carbocycles. The first kappa shape index (κ1) is 16.4. The fourth-order valence-electron chi connectivity index (χ4n) is 3.21. The standard InChI is InChI=1S/C17H29N3O/c1-18(2)17(10-12-19(3)13-11-17)14-20(4)16(21)15-8-6-5-7-9-15/h5-9,16,21H,10-14H2,1-4H3. The molecule has 118 valence electrons. The zero-order valence-corrected chi connectivity index (χ0v) is 13.8. The summed E-state index contributed by atoms with van der Waals surface area (Å²) in [5, 5.41) is 10.6. The van der Waals surface area contributed by atoms with Crippen molar-refractivity contribution in [3.8, 4) is 0 Å². The molecular formula is C17H29N3O. The third-order valence-electron chi connectivity index (χ3n) is 4.93. The summed E-state index contributed by atoms with van der Waals surface area (Å²) in [6, 6.07) is 9.90. The van der Waals surface area contributed by atoms with Crippen LogP contribution in [-0.4, -0.2) is 73.2 Å². The van der Waals surface area contributed by atoms with Crippen LogP contribution in [0.5, 0.6) is 0 Å². The molecule has 1 unspecified atom stereocenters. The van der Waals surface area contributed by atoms with Crippen LogP contribution in [0.15, 0.2) is 30.3 Å². The Labute approximate surface area is 129 Å². The second-order valence-electron chi connectivity index (χ2n) is 6.62. The van der Waals surface area contributed by atoms with Crippen LogP contribution in [0.25, 0.3) is 0 Å². The van der Waals surface area contributed by atoms with Crippen molar-refractivity contribution in [3.63, 3.8) is 0 Å². The smallest absolute Gasteiger partial charge is 0.133 e. The summed E-state index contributed by atoms with van der Waals surface area (Å²) in [5.41, 5.74) is 1.11. The molecule has 4 nitrogen and oxygen atoms in total. The van der Waals surface area contributed by atoms with Gasteiger partial charge in [-0.1, -0.05) is 30.3 Å². The van der Waals surface area contributed by atoms with Crippen LogP contribution in [0.2, 0.25) is 0 Å². The normalized spacial score (nSPS) is 20.9. The Morgan fingerprint density at radius 3 is 2.24 bits per heavy atom. The predicted molar refractivity (Wildman–Crippen MR) is 87.2 cm³/mol. The van der Waals surface area contributed by atoms with Crippen molar-refractivity contribution in [2.75, 3.05) is 47.8 Å². The molecule has 1 aliphatic rings. The lowest BCUT2D eigenvalue weighted by molar-refractivity contribution is -0.0344. The number of nitrogens with zero attached hydrogens (tertiary/aromatic N) is 3. The minimum atomic E-state index is -0.539. The van der Waals surface area contributed by atoms with Gasteiger partial charge in [-0.3, -0.25) is 4.90 Å². The summed E-state index contributed by atoms with van der Waals surface area (Å²) < 4.78 is 0. The molecule has 1 aliphatic heterocycles. The first-order valence-corrected chi connectivity index (χ1v) is 7.74. The molecule has 1 N–H and O–H groups in total. The molecule has 0 bridgehead atoms. The van der Waals surface area contributed by atoms with Gasteiger partial charge in [-0.15, -0.1) is 0 Å². The maximum atomic E-state index is 10.6. The molecule has 1 aromatic rings. The first-order valence-electron chi connectivity index (χ1n) is 7.74.